The van der Waals surface area contributed by atoms with Crippen molar-refractivity contribution in [1.82, 2.24) is 5.32 Å². The highest BCUT2D eigenvalue weighted by Crippen LogP contribution is 2.24. The van der Waals surface area contributed by atoms with Crippen molar-refractivity contribution in [3.8, 4) is 0 Å². The van der Waals surface area contributed by atoms with Crippen LogP contribution in [-0.2, 0) is 6.42 Å². The molecule has 1 aromatic rings. The minimum atomic E-state index is -4.19. The largest absolute Gasteiger partial charge is 0.389 e. The highest BCUT2D eigenvalue weighted by Gasteiger charge is 2.28. The van der Waals surface area contributed by atoms with Crippen LogP contribution >= 0.6 is 11.6 Å². The Hall–Kier alpha value is -0.810. The number of nitrogens with one attached hydrogen (secondary N) is 1. The molecule has 1 N–H and O–H groups in total. The smallest absolute Gasteiger partial charge is 0.317 e. The van der Waals surface area contributed by atoms with Crippen LogP contribution in [0.4, 0.5) is 17.6 Å². The standard InChI is InChI=1S/C12H14ClF4N/c1-18-10(4-5-12(15,16)17)6-8-2-3-9(13)7-11(8)14/h2-3,7,10,18H,4-6H2,1H3. The first-order chi connectivity index (χ1) is 8.31. The lowest BCUT2D eigenvalue weighted by atomic mass is 10.0. The van der Waals surface area contributed by atoms with Crippen molar-refractivity contribution in [2.45, 2.75) is 31.5 Å². The van der Waals surface area contributed by atoms with Crippen molar-refractivity contribution >= 4 is 11.6 Å². The van der Waals surface area contributed by atoms with E-state index in [-0.39, 0.29) is 17.9 Å². The van der Waals surface area contributed by atoms with Crippen molar-refractivity contribution in [3.63, 3.8) is 0 Å². The van der Waals surface area contributed by atoms with E-state index in [9.17, 15) is 17.6 Å². The maximum atomic E-state index is 13.5. The van der Waals surface area contributed by atoms with Crippen LogP contribution in [0.15, 0.2) is 18.2 Å². The topological polar surface area (TPSA) is 12.0 Å². The van der Waals surface area contributed by atoms with Crippen molar-refractivity contribution in [2.75, 3.05) is 7.05 Å². The second kappa shape index (κ2) is 6.38. The highest BCUT2D eigenvalue weighted by molar-refractivity contribution is 6.30. The number of likely N-dealkylation sites (N-methyl/N-ethyl adjacent to an activating group) is 1. The van der Waals surface area contributed by atoms with E-state index in [1.54, 1.807) is 7.05 Å². The Morgan fingerprint density at radius 2 is 2.00 bits per heavy atom. The molecule has 0 aliphatic heterocycles. The predicted octanol–water partition coefficient (Wildman–Crippen LogP) is 3.95. The van der Waals surface area contributed by atoms with Gasteiger partial charge in [-0.05, 0) is 37.6 Å². The minimum Gasteiger partial charge on any atom is -0.317 e. The molecule has 102 valence electrons. The lowest BCUT2D eigenvalue weighted by Gasteiger charge is -2.17. The van der Waals surface area contributed by atoms with E-state index in [0.29, 0.717) is 5.56 Å². The summed E-state index contributed by atoms with van der Waals surface area (Å²) < 4.78 is 49.8. The van der Waals surface area contributed by atoms with Gasteiger partial charge in [-0.3, -0.25) is 0 Å². The molecule has 0 heterocycles. The van der Waals surface area contributed by atoms with Crippen LogP contribution in [0.5, 0.6) is 0 Å². The molecule has 0 amide bonds. The quantitative estimate of drug-likeness (QED) is 0.807. The third kappa shape index (κ3) is 5.23. The van der Waals surface area contributed by atoms with Gasteiger partial charge in [0.2, 0.25) is 0 Å². The molecule has 0 aliphatic carbocycles. The maximum Gasteiger partial charge on any atom is 0.389 e. The van der Waals surface area contributed by atoms with Gasteiger partial charge in [-0.25, -0.2) is 4.39 Å². The van der Waals surface area contributed by atoms with Crippen LogP contribution in [0, 0.1) is 5.82 Å². The molecule has 0 bridgehead atoms. The first-order valence-electron chi connectivity index (χ1n) is 5.50. The molecule has 18 heavy (non-hydrogen) atoms. The van der Waals surface area contributed by atoms with Gasteiger partial charge >= 0.3 is 6.18 Å². The van der Waals surface area contributed by atoms with Crippen LogP contribution < -0.4 is 5.32 Å². The summed E-state index contributed by atoms with van der Waals surface area (Å²) in [5.74, 6) is -0.491. The fraction of sp³-hybridized carbons (Fsp3) is 0.500. The van der Waals surface area contributed by atoms with Crippen molar-refractivity contribution in [3.05, 3.63) is 34.6 Å². The maximum absolute atomic E-state index is 13.5. The molecule has 0 radical (unpaired) electrons. The van der Waals surface area contributed by atoms with E-state index in [1.165, 1.54) is 12.1 Å². The molecule has 0 saturated carbocycles. The zero-order chi connectivity index (χ0) is 13.8. The van der Waals surface area contributed by atoms with Crippen LogP contribution in [0.2, 0.25) is 5.02 Å². The summed E-state index contributed by atoms with van der Waals surface area (Å²) >= 11 is 5.60. The van der Waals surface area contributed by atoms with E-state index in [4.69, 9.17) is 11.6 Å². The lowest BCUT2D eigenvalue weighted by molar-refractivity contribution is -0.136. The van der Waals surface area contributed by atoms with E-state index in [1.807, 2.05) is 0 Å². The van der Waals surface area contributed by atoms with Gasteiger partial charge in [0, 0.05) is 17.5 Å². The zero-order valence-corrected chi connectivity index (χ0v) is 10.6. The normalized spacial score (nSPS) is 13.7. The van der Waals surface area contributed by atoms with Gasteiger partial charge in [-0.2, -0.15) is 13.2 Å². The Balaban J connectivity index is 2.62. The molecule has 0 saturated heterocycles. The summed E-state index contributed by atoms with van der Waals surface area (Å²) in [7, 11) is 1.56. The molecule has 0 spiro atoms. The second-order valence-electron chi connectivity index (χ2n) is 4.08. The summed E-state index contributed by atoms with van der Waals surface area (Å²) in [5, 5.41) is 3.04. The van der Waals surface area contributed by atoms with Gasteiger partial charge in [0.15, 0.2) is 0 Å². The van der Waals surface area contributed by atoms with Crippen LogP contribution in [0.1, 0.15) is 18.4 Å². The number of rotatable bonds is 5. The second-order valence-corrected chi connectivity index (χ2v) is 4.52. The Labute approximate surface area is 108 Å². The Bertz CT molecular complexity index is 392. The van der Waals surface area contributed by atoms with Crippen LogP contribution in [0.3, 0.4) is 0 Å². The molecule has 1 atom stereocenters. The van der Waals surface area contributed by atoms with Crippen molar-refractivity contribution < 1.29 is 17.6 Å². The minimum absolute atomic E-state index is 0.0813. The average molecular weight is 284 g/mol. The summed E-state index contributed by atoms with van der Waals surface area (Å²) in [6, 6.07) is 3.77. The summed E-state index contributed by atoms with van der Waals surface area (Å²) in [6.45, 7) is 0. The summed E-state index contributed by atoms with van der Waals surface area (Å²) in [6.07, 6.45) is -4.95. The Morgan fingerprint density at radius 1 is 1.33 bits per heavy atom. The van der Waals surface area contributed by atoms with Crippen molar-refractivity contribution in [1.29, 1.82) is 0 Å². The summed E-state index contributed by atoms with van der Waals surface area (Å²) in [5.41, 5.74) is 0.362. The number of alkyl halides is 3. The van der Waals surface area contributed by atoms with Crippen LogP contribution in [0.25, 0.3) is 0 Å². The monoisotopic (exact) mass is 283 g/mol. The van der Waals surface area contributed by atoms with E-state index >= 15 is 0 Å². The molecule has 6 heteroatoms. The number of hydrogen-bond donors (Lipinski definition) is 1. The molecule has 1 unspecified atom stereocenters. The van der Waals surface area contributed by atoms with Crippen LogP contribution in [-0.4, -0.2) is 19.3 Å². The first-order valence-corrected chi connectivity index (χ1v) is 5.87. The molecule has 1 rings (SSSR count). The fourth-order valence-electron chi connectivity index (χ4n) is 1.64. The van der Waals surface area contributed by atoms with Gasteiger partial charge in [-0.15, -0.1) is 0 Å². The third-order valence-corrected chi connectivity index (χ3v) is 2.90. The van der Waals surface area contributed by atoms with E-state index in [2.05, 4.69) is 5.32 Å². The number of halogens is 5. The lowest BCUT2D eigenvalue weighted by Crippen LogP contribution is -2.29. The first kappa shape index (κ1) is 15.2. The number of benzene rings is 1. The number of hydrogen-bond acceptors (Lipinski definition) is 1. The zero-order valence-electron chi connectivity index (χ0n) is 9.82. The highest BCUT2D eigenvalue weighted by atomic mass is 35.5. The van der Waals surface area contributed by atoms with Gasteiger partial charge in [-0.1, -0.05) is 17.7 Å². The van der Waals surface area contributed by atoms with Crippen molar-refractivity contribution in [2.24, 2.45) is 0 Å². The molecule has 0 aromatic heterocycles. The molecule has 0 fully saturated rings. The molecule has 0 aliphatic rings. The predicted molar refractivity (Wildman–Crippen MR) is 63.3 cm³/mol. The fourth-order valence-corrected chi connectivity index (χ4v) is 1.80. The Kier molecular flexibility index (Phi) is 5.41. The summed E-state index contributed by atoms with van der Waals surface area (Å²) in [4.78, 5) is 0. The molecule has 1 nitrogen and oxygen atoms in total. The van der Waals surface area contributed by atoms with Gasteiger partial charge in [0.05, 0.1) is 0 Å². The molecule has 1 aromatic carbocycles. The van der Waals surface area contributed by atoms with E-state index < -0.39 is 24.5 Å². The third-order valence-electron chi connectivity index (χ3n) is 2.67. The van der Waals surface area contributed by atoms with Gasteiger partial charge in [0.1, 0.15) is 5.82 Å². The molecular formula is C12H14ClF4N. The van der Waals surface area contributed by atoms with Gasteiger partial charge < -0.3 is 5.32 Å². The van der Waals surface area contributed by atoms with Gasteiger partial charge in [0.25, 0.3) is 0 Å². The van der Waals surface area contributed by atoms with E-state index in [0.717, 1.165) is 6.07 Å². The average Bonchev–Trinajstić information content (AvgIpc) is 2.25. The Morgan fingerprint density at radius 3 is 2.50 bits per heavy atom. The molecular weight excluding hydrogens is 270 g/mol. The SMILES string of the molecule is CNC(CCC(F)(F)F)Cc1ccc(Cl)cc1F.